The normalized spacial score (nSPS) is 24.2. The molecule has 1 aliphatic rings. The second-order valence-corrected chi connectivity index (χ2v) is 5.12. The largest absolute Gasteiger partial charge is 0.393 e. The highest BCUT2D eigenvalue weighted by Crippen LogP contribution is 2.36. The van der Waals surface area contributed by atoms with Crippen LogP contribution in [0, 0.1) is 12.8 Å². The standard InChI is InChI=1S/C12H14F3N5/c1-7-2-10(20-11(19-7)17-6-18-20)8-3-9(5-16-4-8)12(13,14)15/h2,6,8-9,16H,3-5H2,1H3/t8-,9+/m0/s1. The van der Waals surface area contributed by atoms with Crippen LogP contribution >= 0.6 is 0 Å². The van der Waals surface area contributed by atoms with E-state index in [-0.39, 0.29) is 18.9 Å². The molecule has 2 aromatic heterocycles. The molecule has 3 rings (SSSR count). The van der Waals surface area contributed by atoms with Crippen molar-refractivity contribution in [2.24, 2.45) is 5.92 Å². The van der Waals surface area contributed by atoms with Crippen LogP contribution in [0.4, 0.5) is 13.2 Å². The number of hydrogen-bond acceptors (Lipinski definition) is 4. The smallest absolute Gasteiger partial charge is 0.315 e. The van der Waals surface area contributed by atoms with E-state index in [9.17, 15) is 13.2 Å². The Morgan fingerprint density at radius 3 is 2.90 bits per heavy atom. The molecule has 0 unspecified atom stereocenters. The maximum Gasteiger partial charge on any atom is 0.393 e. The van der Waals surface area contributed by atoms with E-state index in [2.05, 4.69) is 20.4 Å². The second kappa shape index (κ2) is 4.69. The lowest BCUT2D eigenvalue weighted by atomic mass is 9.87. The molecule has 20 heavy (non-hydrogen) atoms. The zero-order valence-electron chi connectivity index (χ0n) is 10.9. The van der Waals surface area contributed by atoms with Gasteiger partial charge in [-0.3, -0.25) is 0 Å². The first kappa shape index (κ1) is 13.3. The molecule has 1 saturated heterocycles. The molecular weight excluding hydrogens is 271 g/mol. The molecule has 8 heteroatoms. The number of nitrogens with zero attached hydrogens (tertiary/aromatic N) is 4. The molecule has 0 bridgehead atoms. The van der Waals surface area contributed by atoms with Gasteiger partial charge in [0.15, 0.2) is 0 Å². The molecule has 0 radical (unpaired) electrons. The first-order valence-electron chi connectivity index (χ1n) is 6.40. The van der Waals surface area contributed by atoms with Crippen LogP contribution in [0.2, 0.25) is 0 Å². The molecule has 1 aliphatic heterocycles. The number of halogens is 3. The van der Waals surface area contributed by atoms with E-state index in [1.165, 1.54) is 10.8 Å². The van der Waals surface area contributed by atoms with Gasteiger partial charge in [0.2, 0.25) is 0 Å². The Morgan fingerprint density at radius 1 is 1.35 bits per heavy atom. The van der Waals surface area contributed by atoms with E-state index >= 15 is 0 Å². The van der Waals surface area contributed by atoms with Gasteiger partial charge in [-0.2, -0.15) is 23.3 Å². The molecule has 2 atom stereocenters. The number of hydrogen-bond donors (Lipinski definition) is 1. The van der Waals surface area contributed by atoms with Crippen LogP contribution in [0.25, 0.3) is 5.78 Å². The third-order valence-corrected chi connectivity index (χ3v) is 3.64. The second-order valence-electron chi connectivity index (χ2n) is 5.12. The van der Waals surface area contributed by atoms with E-state index in [4.69, 9.17) is 0 Å². The van der Waals surface area contributed by atoms with E-state index in [1.807, 2.05) is 0 Å². The summed E-state index contributed by atoms with van der Waals surface area (Å²) in [4.78, 5) is 8.21. The predicted molar refractivity (Wildman–Crippen MR) is 65.3 cm³/mol. The Bertz CT molecular complexity index is 621. The Kier molecular flexibility index (Phi) is 3.12. The zero-order chi connectivity index (χ0) is 14.3. The van der Waals surface area contributed by atoms with Crippen molar-refractivity contribution in [1.82, 2.24) is 24.9 Å². The summed E-state index contributed by atoms with van der Waals surface area (Å²) in [5.41, 5.74) is 1.46. The van der Waals surface area contributed by atoms with Gasteiger partial charge in [0.05, 0.1) is 11.6 Å². The highest BCUT2D eigenvalue weighted by atomic mass is 19.4. The molecule has 5 nitrogen and oxygen atoms in total. The minimum Gasteiger partial charge on any atom is -0.315 e. The fourth-order valence-electron chi connectivity index (χ4n) is 2.67. The third-order valence-electron chi connectivity index (χ3n) is 3.64. The van der Waals surface area contributed by atoms with E-state index in [1.54, 1.807) is 13.0 Å². The summed E-state index contributed by atoms with van der Waals surface area (Å²) in [5, 5.41) is 6.92. The van der Waals surface area contributed by atoms with Crippen molar-refractivity contribution in [3.05, 3.63) is 23.8 Å². The molecule has 2 aromatic rings. The molecule has 0 aromatic carbocycles. The van der Waals surface area contributed by atoms with Crippen molar-refractivity contribution in [3.8, 4) is 0 Å². The van der Waals surface area contributed by atoms with Gasteiger partial charge >= 0.3 is 6.18 Å². The lowest BCUT2D eigenvalue weighted by Gasteiger charge is -2.31. The maximum atomic E-state index is 12.9. The Balaban J connectivity index is 1.96. The molecule has 1 fully saturated rings. The van der Waals surface area contributed by atoms with Crippen LogP contribution in [0.15, 0.2) is 12.4 Å². The van der Waals surface area contributed by atoms with Crippen LogP contribution in [0.5, 0.6) is 0 Å². The van der Waals surface area contributed by atoms with Gasteiger partial charge in [-0.1, -0.05) is 0 Å². The monoisotopic (exact) mass is 285 g/mol. The van der Waals surface area contributed by atoms with Crippen LogP contribution < -0.4 is 5.32 Å². The van der Waals surface area contributed by atoms with Crippen molar-refractivity contribution in [2.75, 3.05) is 13.1 Å². The summed E-state index contributed by atoms with van der Waals surface area (Å²) >= 11 is 0. The van der Waals surface area contributed by atoms with Gasteiger partial charge in [-0.25, -0.2) is 9.50 Å². The summed E-state index contributed by atoms with van der Waals surface area (Å²) < 4.78 is 40.2. The topological polar surface area (TPSA) is 55.1 Å². The average molecular weight is 285 g/mol. The molecule has 0 aliphatic carbocycles. The van der Waals surface area contributed by atoms with Gasteiger partial charge in [-0.15, -0.1) is 0 Å². The highest BCUT2D eigenvalue weighted by molar-refractivity contribution is 5.31. The van der Waals surface area contributed by atoms with Crippen LogP contribution in [-0.2, 0) is 0 Å². The summed E-state index contributed by atoms with van der Waals surface area (Å²) in [6, 6.07) is 1.78. The van der Waals surface area contributed by atoms with Crippen molar-refractivity contribution in [3.63, 3.8) is 0 Å². The summed E-state index contributed by atoms with van der Waals surface area (Å²) in [6.45, 7) is 2.28. The highest BCUT2D eigenvalue weighted by Gasteiger charge is 2.43. The number of fused-ring (bicyclic) bond motifs is 1. The predicted octanol–water partition coefficient (Wildman–Crippen LogP) is 1.69. The summed E-state index contributed by atoms with van der Waals surface area (Å²) in [6.07, 6.45) is -2.74. The van der Waals surface area contributed by atoms with Gasteiger partial charge < -0.3 is 5.32 Å². The van der Waals surface area contributed by atoms with Gasteiger partial charge in [0, 0.05) is 24.7 Å². The van der Waals surface area contributed by atoms with Gasteiger partial charge in [0.1, 0.15) is 6.33 Å². The Morgan fingerprint density at radius 2 is 2.15 bits per heavy atom. The quantitative estimate of drug-likeness (QED) is 0.866. The number of aryl methyl sites for hydroxylation is 1. The molecule has 0 amide bonds. The molecule has 108 valence electrons. The number of piperidine rings is 1. The van der Waals surface area contributed by atoms with Crippen molar-refractivity contribution >= 4 is 5.78 Å². The van der Waals surface area contributed by atoms with Gasteiger partial charge in [-0.05, 0) is 19.4 Å². The van der Waals surface area contributed by atoms with Crippen LogP contribution in [0.1, 0.15) is 23.7 Å². The van der Waals surface area contributed by atoms with Crippen molar-refractivity contribution < 1.29 is 13.2 Å². The van der Waals surface area contributed by atoms with E-state index in [0.717, 1.165) is 11.4 Å². The van der Waals surface area contributed by atoms with Crippen molar-refractivity contribution in [2.45, 2.75) is 25.4 Å². The number of alkyl halides is 3. The van der Waals surface area contributed by atoms with E-state index in [0.29, 0.717) is 12.3 Å². The molecule has 0 spiro atoms. The fraction of sp³-hybridized carbons (Fsp3) is 0.583. The lowest BCUT2D eigenvalue weighted by Crippen LogP contribution is -2.42. The maximum absolute atomic E-state index is 12.9. The van der Waals surface area contributed by atoms with Gasteiger partial charge in [0.25, 0.3) is 5.78 Å². The molecule has 1 N–H and O–H groups in total. The summed E-state index contributed by atoms with van der Waals surface area (Å²) in [7, 11) is 0. The molecule has 0 saturated carbocycles. The zero-order valence-corrected chi connectivity index (χ0v) is 10.9. The Labute approximate surface area is 113 Å². The number of aromatic nitrogens is 4. The molecular formula is C12H14F3N5. The minimum atomic E-state index is -4.17. The SMILES string of the molecule is Cc1cc([C@@H]2CNC[C@H](C(F)(F)F)C2)n2ncnc2n1. The van der Waals surface area contributed by atoms with Crippen LogP contribution in [-0.4, -0.2) is 38.8 Å². The lowest BCUT2D eigenvalue weighted by molar-refractivity contribution is -0.179. The Hall–Kier alpha value is -1.70. The fourth-order valence-corrected chi connectivity index (χ4v) is 2.67. The minimum absolute atomic E-state index is 0.0232. The third kappa shape index (κ3) is 2.35. The number of nitrogens with one attached hydrogen (secondary N) is 1. The first-order valence-corrected chi connectivity index (χ1v) is 6.40. The van der Waals surface area contributed by atoms with Crippen molar-refractivity contribution in [1.29, 1.82) is 0 Å². The molecule has 3 heterocycles. The average Bonchev–Trinajstić information content (AvgIpc) is 2.85. The summed E-state index contributed by atoms with van der Waals surface area (Å²) in [5.74, 6) is -1.15. The van der Waals surface area contributed by atoms with E-state index < -0.39 is 12.1 Å². The van der Waals surface area contributed by atoms with Crippen LogP contribution in [0.3, 0.4) is 0 Å². The number of rotatable bonds is 1. The first-order chi connectivity index (χ1) is 9.45.